The van der Waals surface area contributed by atoms with Crippen LogP contribution in [-0.2, 0) is 22.5 Å². The molecule has 0 saturated carbocycles. The minimum atomic E-state index is -0.0319. The van der Waals surface area contributed by atoms with E-state index in [-0.39, 0.29) is 11.9 Å². The number of aromatic nitrogens is 3. The summed E-state index contributed by atoms with van der Waals surface area (Å²) in [6.07, 6.45) is 2.20. The first-order valence-corrected chi connectivity index (χ1v) is 5.08. The number of methoxy groups -OCH3 is 1. The molecule has 0 radical (unpaired) electrons. The van der Waals surface area contributed by atoms with E-state index in [9.17, 15) is 4.79 Å². The Hall–Kier alpha value is -1.23. The lowest BCUT2D eigenvalue weighted by Crippen LogP contribution is -2.16. The van der Waals surface area contributed by atoms with Crippen LogP contribution in [0, 0.1) is 0 Å². The highest BCUT2D eigenvalue weighted by Crippen LogP contribution is 2.02. The molecule has 1 atom stereocenters. The maximum atomic E-state index is 11.6. The number of hydrogen-bond acceptors (Lipinski definition) is 4. The average molecular weight is 211 g/mol. The molecule has 5 nitrogen and oxygen atoms in total. The van der Waals surface area contributed by atoms with E-state index < -0.39 is 0 Å². The van der Waals surface area contributed by atoms with Crippen molar-refractivity contribution in [3.8, 4) is 0 Å². The fourth-order valence-electron chi connectivity index (χ4n) is 1.34. The predicted molar refractivity (Wildman–Crippen MR) is 55.5 cm³/mol. The van der Waals surface area contributed by atoms with Crippen molar-refractivity contribution >= 4 is 5.78 Å². The number of rotatable bonds is 6. The molecule has 1 heterocycles. The van der Waals surface area contributed by atoms with E-state index in [0.717, 1.165) is 12.4 Å². The fraction of sp³-hybridized carbons (Fsp3) is 0.700. The molecule has 0 aromatic carbocycles. The summed E-state index contributed by atoms with van der Waals surface area (Å²) in [5.74, 6) is 0.859. The third-order valence-electron chi connectivity index (χ3n) is 2.27. The molecule has 0 saturated heterocycles. The molecule has 1 aromatic rings. The van der Waals surface area contributed by atoms with E-state index in [1.807, 2.05) is 13.8 Å². The second-order valence-corrected chi connectivity index (χ2v) is 3.46. The molecule has 0 fully saturated rings. The van der Waals surface area contributed by atoms with Gasteiger partial charge in [0.1, 0.15) is 17.9 Å². The van der Waals surface area contributed by atoms with Crippen LogP contribution in [0.25, 0.3) is 0 Å². The molecule has 15 heavy (non-hydrogen) atoms. The maximum absolute atomic E-state index is 11.6. The summed E-state index contributed by atoms with van der Waals surface area (Å²) >= 11 is 0. The van der Waals surface area contributed by atoms with Crippen LogP contribution in [0.4, 0.5) is 0 Å². The predicted octanol–water partition coefficient (Wildman–Crippen LogP) is 0.835. The van der Waals surface area contributed by atoms with Crippen molar-refractivity contribution in [3.05, 3.63) is 12.2 Å². The smallest absolute Gasteiger partial charge is 0.143 e. The normalized spacial score (nSPS) is 12.7. The monoisotopic (exact) mass is 211 g/mol. The Morgan fingerprint density at radius 3 is 3.00 bits per heavy atom. The van der Waals surface area contributed by atoms with Gasteiger partial charge in [-0.15, -0.1) is 0 Å². The molecule has 5 heteroatoms. The summed E-state index contributed by atoms with van der Waals surface area (Å²) in [6.45, 7) is 4.59. The number of hydrogen-bond donors (Lipinski definition) is 0. The SMILES string of the molecule is CCn1ncnc1CC(=O)CC(C)OC. The van der Waals surface area contributed by atoms with Gasteiger partial charge in [0, 0.05) is 20.1 Å². The molecule has 0 aliphatic heterocycles. The summed E-state index contributed by atoms with van der Waals surface area (Å²) in [6, 6.07) is 0. The fourth-order valence-corrected chi connectivity index (χ4v) is 1.34. The first kappa shape index (κ1) is 11.8. The van der Waals surface area contributed by atoms with E-state index in [1.165, 1.54) is 6.33 Å². The van der Waals surface area contributed by atoms with Crippen molar-refractivity contribution in [2.75, 3.05) is 7.11 Å². The Morgan fingerprint density at radius 1 is 1.67 bits per heavy atom. The zero-order valence-electron chi connectivity index (χ0n) is 9.43. The highest BCUT2D eigenvalue weighted by atomic mass is 16.5. The van der Waals surface area contributed by atoms with Gasteiger partial charge in [-0.1, -0.05) is 0 Å². The summed E-state index contributed by atoms with van der Waals surface area (Å²) in [4.78, 5) is 15.6. The van der Waals surface area contributed by atoms with Gasteiger partial charge in [-0.25, -0.2) is 9.67 Å². The lowest BCUT2D eigenvalue weighted by Gasteiger charge is -2.07. The van der Waals surface area contributed by atoms with Crippen LogP contribution >= 0.6 is 0 Å². The maximum Gasteiger partial charge on any atom is 0.143 e. The topological polar surface area (TPSA) is 57.0 Å². The molecule has 1 unspecified atom stereocenters. The van der Waals surface area contributed by atoms with Crippen LogP contribution in [0.2, 0.25) is 0 Å². The van der Waals surface area contributed by atoms with Crippen molar-refractivity contribution in [1.82, 2.24) is 14.8 Å². The molecule has 0 spiro atoms. The zero-order chi connectivity index (χ0) is 11.3. The van der Waals surface area contributed by atoms with Gasteiger partial charge >= 0.3 is 0 Å². The second-order valence-electron chi connectivity index (χ2n) is 3.46. The van der Waals surface area contributed by atoms with Crippen molar-refractivity contribution < 1.29 is 9.53 Å². The third-order valence-corrected chi connectivity index (χ3v) is 2.27. The van der Waals surface area contributed by atoms with E-state index in [1.54, 1.807) is 11.8 Å². The van der Waals surface area contributed by atoms with Crippen molar-refractivity contribution in [1.29, 1.82) is 0 Å². The summed E-state index contributed by atoms with van der Waals surface area (Å²) < 4.78 is 6.76. The molecule has 0 N–H and O–H groups in total. The van der Waals surface area contributed by atoms with Gasteiger partial charge in [0.25, 0.3) is 0 Å². The van der Waals surface area contributed by atoms with Gasteiger partial charge in [-0.3, -0.25) is 4.79 Å². The first-order chi connectivity index (χ1) is 7.17. The number of carbonyl (C=O) groups excluding carboxylic acids is 1. The van der Waals surface area contributed by atoms with Crippen LogP contribution in [-0.4, -0.2) is 33.8 Å². The van der Waals surface area contributed by atoms with Crippen molar-refractivity contribution in [2.45, 2.75) is 39.3 Å². The number of ketones is 1. The molecule has 0 bridgehead atoms. The third kappa shape index (κ3) is 3.43. The first-order valence-electron chi connectivity index (χ1n) is 5.08. The molecule has 1 aromatic heterocycles. The van der Waals surface area contributed by atoms with E-state index in [4.69, 9.17) is 4.74 Å². The Balaban J connectivity index is 2.51. The number of carbonyl (C=O) groups is 1. The quantitative estimate of drug-likeness (QED) is 0.699. The zero-order valence-corrected chi connectivity index (χ0v) is 9.43. The molecule has 0 aliphatic rings. The largest absolute Gasteiger partial charge is 0.381 e. The molecule has 1 rings (SSSR count). The second kappa shape index (κ2) is 5.60. The van der Waals surface area contributed by atoms with Crippen molar-refractivity contribution in [3.63, 3.8) is 0 Å². The van der Waals surface area contributed by atoms with E-state index >= 15 is 0 Å². The molecule has 84 valence electrons. The molecule has 0 amide bonds. The van der Waals surface area contributed by atoms with Crippen LogP contribution in [0.3, 0.4) is 0 Å². The van der Waals surface area contributed by atoms with Crippen LogP contribution in [0.15, 0.2) is 6.33 Å². The summed E-state index contributed by atoms with van der Waals surface area (Å²) in [5.41, 5.74) is 0. The highest BCUT2D eigenvalue weighted by Gasteiger charge is 2.12. The lowest BCUT2D eigenvalue weighted by atomic mass is 10.1. The van der Waals surface area contributed by atoms with Crippen molar-refractivity contribution in [2.24, 2.45) is 0 Å². The molecular weight excluding hydrogens is 194 g/mol. The number of Topliss-reactive ketones (excluding diaryl/α,β-unsaturated/α-hetero) is 1. The Kier molecular flexibility index (Phi) is 4.42. The number of nitrogens with zero attached hydrogens (tertiary/aromatic N) is 3. The Bertz CT molecular complexity index is 322. The summed E-state index contributed by atoms with van der Waals surface area (Å²) in [5, 5.41) is 4.01. The minimum absolute atomic E-state index is 0.0319. The van der Waals surface area contributed by atoms with E-state index in [0.29, 0.717) is 12.8 Å². The van der Waals surface area contributed by atoms with Gasteiger partial charge in [0.2, 0.25) is 0 Å². The molecular formula is C10H17N3O2. The van der Waals surface area contributed by atoms with Gasteiger partial charge in [-0.2, -0.15) is 5.10 Å². The van der Waals surface area contributed by atoms with Gasteiger partial charge < -0.3 is 4.74 Å². The van der Waals surface area contributed by atoms with Crippen LogP contribution < -0.4 is 0 Å². The highest BCUT2D eigenvalue weighted by molar-refractivity contribution is 5.80. The molecule has 0 aliphatic carbocycles. The van der Waals surface area contributed by atoms with Crippen LogP contribution in [0.1, 0.15) is 26.1 Å². The minimum Gasteiger partial charge on any atom is -0.381 e. The van der Waals surface area contributed by atoms with E-state index in [2.05, 4.69) is 10.1 Å². The summed E-state index contributed by atoms with van der Waals surface area (Å²) in [7, 11) is 1.60. The van der Waals surface area contributed by atoms with Gasteiger partial charge in [0.15, 0.2) is 0 Å². The standard InChI is InChI=1S/C10H17N3O2/c1-4-13-10(11-7-12-13)6-9(14)5-8(2)15-3/h7-8H,4-6H2,1-3H3. The Morgan fingerprint density at radius 2 is 2.40 bits per heavy atom. The Labute approximate surface area is 89.5 Å². The van der Waals surface area contributed by atoms with Gasteiger partial charge in [-0.05, 0) is 13.8 Å². The average Bonchev–Trinajstić information content (AvgIpc) is 2.64. The lowest BCUT2D eigenvalue weighted by molar-refractivity contribution is -0.120. The van der Waals surface area contributed by atoms with Gasteiger partial charge in [0.05, 0.1) is 12.5 Å². The number of ether oxygens (including phenoxy) is 1. The van der Waals surface area contributed by atoms with Crippen LogP contribution in [0.5, 0.6) is 0 Å². The number of aryl methyl sites for hydroxylation is 1.